The van der Waals surface area contributed by atoms with Crippen LogP contribution in [-0.4, -0.2) is 35.2 Å². The molecule has 242 valence electrons. The SMILES string of the molecule is Cc1c(OC(F)(F)c2ccc(CNCC(=O)O)cc2)cccc1-c1cccc(OC(F)(F)c2ccc(CNCC(=O)O)cc2)c1C. The lowest BCUT2D eigenvalue weighted by molar-refractivity contribution is -0.186. The minimum atomic E-state index is -3.71. The first kappa shape index (κ1) is 33.9. The number of nitrogens with one attached hydrogen (secondary N) is 2. The summed E-state index contributed by atoms with van der Waals surface area (Å²) in [5, 5.41) is 22.8. The maximum absolute atomic E-state index is 15.2. The number of ether oxygens (including phenoxy) is 2. The van der Waals surface area contributed by atoms with Crippen LogP contribution in [0.3, 0.4) is 0 Å². The number of benzene rings is 4. The Balaban J connectivity index is 1.51. The molecule has 0 radical (unpaired) electrons. The van der Waals surface area contributed by atoms with Crippen LogP contribution in [0, 0.1) is 13.8 Å². The first-order valence-electron chi connectivity index (χ1n) is 14.1. The van der Waals surface area contributed by atoms with E-state index in [2.05, 4.69) is 10.6 Å². The fourth-order valence-electron chi connectivity index (χ4n) is 4.69. The minimum absolute atomic E-state index is 0.108. The van der Waals surface area contributed by atoms with Crippen molar-refractivity contribution in [3.8, 4) is 22.6 Å². The predicted octanol–water partition coefficient (Wildman–Crippen LogP) is 6.58. The van der Waals surface area contributed by atoms with Gasteiger partial charge in [0.15, 0.2) is 0 Å². The van der Waals surface area contributed by atoms with Gasteiger partial charge in [0.25, 0.3) is 0 Å². The molecular weight excluding hydrogens is 608 g/mol. The van der Waals surface area contributed by atoms with Crippen LogP contribution < -0.4 is 20.1 Å². The fourth-order valence-corrected chi connectivity index (χ4v) is 4.69. The fraction of sp³-hybridized carbons (Fsp3) is 0.235. The normalized spacial score (nSPS) is 11.7. The summed E-state index contributed by atoms with van der Waals surface area (Å²) in [7, 11) is 0. The van der Waals surface area contributed by atoms with Crippen molar-refractivity contribution in [2.75, 3.05) is 13.1 Å². The van der Waals surface area contributed by atoms with Gasteiger partial charge >= 0.3 is 24.2 Å². The zero-order valence-electron chi connectivity index (χ0n) is 25.0. The molecule has 0 unspecified atom stereocenters. The number of halogens is 4. The molecule has 0 spiro atoms. The Morgan fingerprint density at radius 1 is 0.609 bits per heavy atom. The standard InChI is InChI=1S/C34H32F4N2O6/c1-21-27(5-3-7-29(21)45-33(35,36)25-13-9-23(10-14-25)17-39-19-31(41)42)28-6-4-8-30(22(28)2)46-34(37,38)26-15-11-24(12-16-26)18-40-20-32(43)44/h3-16,39-40H,17-20H2,1-2H3,(H,41,42)(H,43,44). The summed E-state index contributed by atoms with van der Waals surface area (Å²) in [5.74, 6) is -2.28. The average molecular weight is 641 g/mol. The monoisotopic (exact) mass is 640 g/mol. The number of alkyl halides is 4. The molecule has 0 bridgehead atoms. The van der Waals surface area contributed by atoms with Gasteiger partial charge in [-0.05, 0) is 83.6 Å². The Bertz CT molecular complexity index is 1550. The molecule has 12 heteroatoms. The third-order valence-corrected chi connectivity index (χ3v) is 7.13. The van der Waals surface area contributed by atoms with Crippen molar-refractivity contribution in [1.29, 1.82) is 0 Å². The number of hydrogen-bond acceptors (Lipinski definition) is 6. The van der Waals surface area contributed by atoms with Crippen LogP contribution in [0.4, 0.5) is 17.6 Å². The van der Waals surface area contributed by atoms with Crippen LogP contribution in [0.1, 0.15) is 33.4 Å². The van der Waals surface area contributed by atoms with Gasteiger partial charge in [-0.25, -0.2) is 0 Å². The minimum Gasteiger partial charge on any atom is -0.480 e. The number of carbonyl (C=O) groups is 2. The highest BCUT2D eigenvalue weighted by Crippen LogP contribution is 2.41. The second-order valence-corrected chi connectivity index (χ2v) is 10.5. The van der Waals surface area contributed by atoms with E-state index in [1.54, 1.807) is 26.0 Å². The smallest absolute Gasteiger partial charge is 0.426 e. The lowest BCUT2D eigenvalue weighted by atomic mass is 9.95. The highest BCUT2D eigenvalue weighted by atomic mass is 19.3. The Kier molecular flexibility index (Phi) is 10.7. The van der Waals surface area contributed by atoms with Crippen molar-refractivity contribution in [2.24, 2.45) is 0 Å². The van der Waals surface area contributed by atoms with Gasteiger partial charge < -0.3 is 30.3 Å². The summed E-state index contributed by atoms with van der Waals surface area (Å²) < 4.78 is 71.2. The average Bonchev–Trinajstić information content (AvgIpc) is 2.99. The molecule has 0 aromatic heterocycles. The third kappa shape index (κ3) is 8.61. The van der Waals surface area contributed by atoms with Gasteiger partial charge in [0.05, 0.1) is 24.2 Å². The van der Waals surface area contributed by atoms with Gasteiger partial charge in [0, 0.05) is 13.1 Å². The van der Waals surface area contributed by atoms with Gasteiger partial charge in [-0.15, -0.1) is 0 Å². The molecule has 0 amide bonds. The van der Waals surface area contributed by atoms with Crippen molar-refractivity contribution < 1.29 is 46.8 Å². The predicted molar refractivity (Wildman–Crippen MR) is 162 cm³/mol. The molecular formula is C34H32F4N2O6. The van der Waals surface area contributed by atoms with E-state index in [0.29, 0.717) is 33.4 Å². The summed E-state index contributed by atoms with van der Waals surface area (Å²) >= 11 is 0. The molecule has 0 heterocycles. The quantitative estimate of drug-likeness (QED) is 0.108. The van der Waals surface area contributed by atoms with Crippen molar-refractivity contribution in [3.05, 3.63) is 118 Å². The van der Waals surface area contributed by atoms with Crippen LogP contribution >= 0.6 is 0 Å². The highest BCUT2D eigenvalue weighted by Gasteiger charge is 2.36. The van der Waals surface area contributed by atoms with Crippen molar-refractivity contribution >= 4 is 11.9 Å². The van der Waals surface area contributed by atoms with Crippen molar-refractivity contribution in [2.45, 2.75) is 39.2 Å². The summed E-state index contributed by atoms with van der Waals surface area (Å²) in [4.78, 5) is 21.3. The molecule has 0 atom stereocenters. The number of rotatable bonds is 15. The largest absolute Gasteiger partial charge is 0.480 e. The summed E-state index contributed by atoms with van der Waals surface area (Å²) in [6.07, 6.45) is -7.42. The van der Waals surface area contributed by atoms with E-state index < -0.39 is 35.3 Å². The molecule has 0 aliphatic carbocycles. The first-order valence-corrected chi connectivity index (χ1v) is 14.1. The van der Waals surface area contributed by atoms with Gasteiger partial charge in [-0.1, -0.05) is 48.5 Å². The molecule has 4 aromatic rings. The van der Waals surface area contributed by atoms with Gasteiger partial charge in [-0.2, -0.15) is 17.6 Å². The van der Waals surface area contributed by atoms with Gasteiger partial charge in [0.2, 0.25) is 0 Å². The second-order valence-electron chi connectivity index (χ2n) is 10.5. The summed E-state index contributed by atoms with van der Waals surface area (Å²) in [5.41, 5.74) is 2.10. The van der Waals surface area contributed by atoms with E-state index in [1.165, 1.54) is 72.8 Å². The van der Waals surface area contributed by atoms with E-state index in [-0.39, 0.29) is 37.7 Å². The first-order chi connectivity index (χ1) is 21.8. The van der Waals surface area contributed by atoms with Gasteiger partial charge in [0.1, 0.15) is 11.5 Å². The maximum Gasteiger partial charge on any atom is 0.426 e. The van der Waals surface area contributed by atoms with E-state index >= 15 is 17.6 Å². The van der Waals surface area contributed by atoms with Crippen LogP contribution in [0.2, 0.25) is 0 Å². The third-order valence-electron chi connectivity index (χ3n) is 7.13. The maximum atomic E-state index is 15.2. The van der Waals surface area contributed by atoms with Crippen LogP contribution in [-0.2, 0) is 34.9 Å². The van der Waals surface area contributed by atoms with Crippen LogP contribution in [0.25, 0.3) is 11.1 Å². The molecule has 0 aliphatic heterocycles. The van der Waals surface area contributed by atoms with Crippen molar-refractivity contribution in [3.63, 3.8) is 0 Å². The molecule has 0 fully saturated rings. The number of aliphatic carboxylic acids is 2. The Morgan fingerprint density at radius 2 is 0.957 bits per heavy atom. The summed E-state index contributed by atoms with van der Waals surface area (Å²) in [6, 6.07) is 19.8. The number of carboxylic acids is 2. The molecule has 46 heavy (non-hydrogen) atoms. The van der Waals surface area contributed by atoms with E-state index in [1.807, 2.05) is 0 Å². The molecule has 0 saturated heterocycles. The lowest BCUT2D eigenvalue weighted by Crippen LogP contribution is -2.23. The molecule has 4 rings (SSSR count). The van der Waals surface area contributed by atoms with E-state index in [4.69, 9.17) is 19.7 Å². The Morgan fingerprint density at radius 3 is 1.28 bits per heavy atom. The number of carboxylic acid groups (broad SMARTS) is 2. The zero-order valence-corrected chi connectivity index (χ0v) is 25.0. The molecule has 0 saturated carbocycles. The highest BCUT2D eigenvalue weighted by molar-refractivity contribution is 5.74. The lowest BCUT2D eigenvalue weighted by Gasteiger charge is -2.23. The summed E-state index contributed by atoms with van der Waals surface area (Å²) in [6.45, 7) is 3.03. The molecule has 4 N–H and O–H groups in total. The Hall–Kier alpha value is -4.94. The van der Waals surface area contributed by atoms with Crippen LogP contribution in [0.5, 0.6) is 11.5 Å². The Labute approximate surface area is 262 Å². The molecule has 0 aliphatic rings. The molecule has 4 aromatic carbocycles. The van der Waals surface area contributed by atoms with E-state index in [0.717, 1.165) is 0 Å². The zero-order chi connectivity index (χ0) is 33.5. The van der Waals surface area contributed by atoms with Crippen LogP contribution in [0.15, 0.2) is 84.9 Å². The molecule has 8 nitrogen and oxygen atoms in total. The second kappa shape index (κ2) is 14.4. The topological polar surface area (TPSA) is 117 Å². The number of hydrogen-bond donors (Lipinski definition) is 4. The van der Waals surface area contributed by atoms with Gasteiger partial charge in [-0.3, -0.25) is 9.59 Å². The van der Waals surface area contributed by atoms with E-state index in [9.17, 15) is 9.59 Å². The van der Waals surface area contributed by atoms with Crippen molar-refractivity contribution in [1.82, 2.24) is 10.6 Å².